The van der Waals surface area contributed by atoms with Crippen LogP contribution in [0.2, 0.25) is 0 Å². The average Bonchev–Trinajstić information content (AvgIpc) is 3.18. The summed E-state index contributed by atoms with van der Waals surface area (Å²) in [6.45, 7) is 0.775. The molecular formula is C15H16N4OS. The van der Waals surface area contributed by atoms with Crippen molar-refractivity contribution in [2.45, 2.75) is 18.9 Å². The smallest absolute Gasteiger partial charge is 0.193 e. The molecule has 0 saturated heterocycles. The van der Waals surface area contributed by atoms with E-state index in [1.807, 2.05) is 22.0 Å². The second-order valence-corrected chi connectivity index (χ2v) is 6.09. The largest absolute Gasteiger partial charge is 0.493 e. The SMILES string of the molecule is NNC(Cc1cn2ccsc2n1)c1ccc2c(c1)CCO2. The monoisotopic (exact) mass is 300 g/mol. The summed E-state index contributed by atoms with van der Waals surface area (Å²) in [7, 11) is 0. The molecular weight excluding hydrogens is 284 g/mol. The number of hydrogen-bond acceptors (Lipinski definition) is 5. The number of aromatic nitrogens is 2. The lowest BCUT2D eigenvalue weighted by Crippen LogP contribution is -2.29. The van der Waals surface area contributed by atoms with Crippen LogP contribution in [0.5, 0.6) is 5.75 Å². The van der Waals surface area contributed by atoms with Gasteiger partial charge in [0.25, 0.3) is 0 Å². The van der Waals surface area contributed by atoms with Crippen molar-refractivity contribution in [2.24, 2.45) is 5.84 Å². The van der Waals surface area contributed by atoms with Gasteiger partial charge in [-0.25, -0.2) is 4.98 Å². The van der Waals surface area contributed by atoms with Crippen molar-refractivity contribution in [3.63, 3.8) is 0 Å². The van der Waals surface area contributed by atoms with E-state index in [0.717, 1.165) is 35.9 Å². The molecule has 3 aromatic rings. The van der Waals surface area contributed by atoms with Gasteiger partial charge in [-0.15, -0.1) is 11.3 Å². The summed E-state index contributed by atoms with van der Waals surface area (Å²) in [5.74, 6) is 6.75. The van der Waals surface area contributed by atoms with Gasteiger partial charge in [-0.2, -0.15) is 0 Å². The molecule has 5 nitrogen and oxygen atoms in total. The van der Waals surface area contributed by atoms with Crippen LogP contribution in [-0.4, -0.2) is 16.0 Å². The van der Waals surface area contributed by atoms with Crippen molar-refractivity contribution >= 4 is 16.3 Å². The van der Waals surface area contributed by atoms with Gasteiger partial charge in [-0.3, -0.25) is 15.7 Å². The molecule has 1 aliphatic heterocycles. The lowest BCUT2D eigenvalue weighted by Gasteiger charge is -2.16. The quantitative estimate of drug-likeness (QED) is 0.572. The van der Waals surface area contributed by atoms with Crippen LogP contribution in [0, 0.1) is 0 Å². The van der Waals surface area contributed by atoms with Crippen molar-refractivity contribution < 1.29 is 4.74 Å². The molecule has 0 aliphatic carbocycles. The lowest BCUT2D eigenvalue weighted by atomic mass is 9.99. The summed E-state index contributed by atoms with van der Waals surface area (Å²) in [6, 6.07) is 6.35. The minimum absolute atomic E-state index is 0.0560. The maximum Gasteiger partial charge on any atom is 0.193 e. The number of nitrogens with one attached hydrogen (secondary N) is 1. The summed E-state index contributed by atoms with van der Waals surface area (Å²) >= 11 is 1.64. The summed E-state index contributed by atoms with van der Waals surface area (Å²) in [4.78, 5) is 5.64. The van der Waals surface area contributed by atoms with E-state index >= 15 is 0 Å². The Balaban J connectivity index is 1.60. The normalized spacial score (nSPS) is 15.1. The molecule has 1 aromatic carbocycles. The van der Waals surface area contributed by atoms with Crippen LogP contribution in [0.3, 0.4) is 0 Å². The third-order valence-corrected chi connectivity index (χ3v) is 4.64. The van der Waals surface area contributed by atoms with E-state index in [1.165, 1.54) is 11.1 Å². The molecule has 1 atom stereocenters. The Hall–Kier alpha value is -1.89. The minimum Gasteiger partial charge on any atom is -0.493 e. The van der Waals surface area contributed by atoms with E-state index in [9.17, 15) is 0 Å². The molecule has 4 rings (SSSR count). The fourth-order valence-corrected chi connectivity index (χ4v) is 3.50. The van der Waals surface area contributed by atoms with Gasteiger partial charge in [0, 0.05) is 30.6 Å². The van der Waals surface area contributed by atoms with Crippen LogP contribution in [0.15, 0.2) is 36.0 Å². The van der Waals surface area contributed by atoms with E-state index in [1.54, 1.807) is 11.3 Å². The highest BCUT2D eigenvalue weighted by Gasteiger charge is 2.17. The molecule has 0 saturated carbocycles. The molecule has 0 bridgehead atoms. The van der Waals surface area contributed by atoms with Crippen LogP contribution in [0.25, 0.3) is 4.96 Å². The fraction of sp³-hybridized carbons (Fsp3) is 0.267. The molecule has 2 aromatic heterocycles. The molecule has 0 fully saturated rings. The number of hydrogen-bond donors (Lipinski definition) is 2. The van der Waals surface area contributed by atoms with Crippen molar-refractivity contribution in [1.29, 1.82) is 0 Å². The van der Waals surface area contributed by atoms with Crippen molar-refractivity contribution in [3.05, 3.63) is 52.8 Å². The second kappa shape index (κ2) is 5.14. The maximum atomic E-state index is 5.75. The first-order chi connectivity index (χ1) is 10.3. The molecule has 0 spiro atoms. The number of rotatable bonds is 4. The molecule has 3 heterocycles. The van der Waals surface area contributed by atoms with Gasteiger partial charge in [0.05, 0.1) is 18.3 Å². The highest BCUT2D eigenvalue weighted by Crippen LogP contribution is 2.29. The Morgan fingerprint density at radius 3 is 3.29 bits per heavy atom. The first-order valence-corrected chi connectivity index (χ1v) is 7.84. The number of nitrogens with zero attached hydrogens (tertiary/aromatic N) is 2. The Morgan fingerprint density at radius 2 is 2.43 bits per heavy atom. The van der Waals surface area contributed by atoms with Crippen LogP contribution < -0.4 is 16.0 Å². The van der Waals surface area contributed by atoms with Crippen molar-refractivity contribution in [1.82, 2.24) is 14.8 Å². The summed E-state index contributed by atoms with van der Waals surface area (Å²) in [5, 5.41) is 2.03. The number of thiazole rings is 1. The summed E-state index contributed by atoms with van der Waals surface area (Å²) < 4.78 is 7.59. The molecule has 1 aliphatic rings. The zero-order valence-corrected chi connectivity index (χ0v) is 12.3. The van der Waals surface area contributed by atoms with E-state index in [0.29, 0.717) is 0 Å². The topological polar surface area (TPSA) is 64.6 Å². The maximum absolute atomic E-state index is 5.75. The Morgan fingerprint density at radius 1 is 1.48 bits per heavy atom. The van der Waals surface area contributed by atoms with Gasteiger partial charge in [-0.05, 0) is 17.2 Å². The number of ether oxygens (including phenoxy) is 1. The highest BCUT2D eigenvalue weighted by molar-refractivity contribution is 7.15. The zero-order valence-electron chi connectivity index (χ0n) is 11.5. The average molecular weight is 300 g/mol. The predicted octanol–water partition coefficient (Wildman–Crippen LogP) is 2.08. The molecule has 1 unspecified atom stereocenters. The standard InChI is InChI=1S/C15H16N4OS/c16-18-13(8-12-9-19-4-6-21-15(19)17-12)10-1-2-14-11(7-10)3-5-20-14/h1-2,4,6-7,9,13,18H,3,5,8,16H2. The van der Waals surface area contributed by atoms with Crippen LogP contribution in [0.4, 0.5) is 0 Å². The van der Waals surface area contributed by atoms with Gasteiger partial charge < -0.3 is 4.74 Å². The number of imidazole rings is 1. The third kappa shape index (κ3) is 2.31. The summed E-state index contributed by atoms with van der Waals surface area (Å²) in [6.07, 6.45) is 5.83. The van der Waals surface area contributed by atoms with Gasteiger partial charge >= 0.3 is 0 Å². The van der Waals surface area contributed by atoms with E-state index in [4.69, 9.17) is 10.6 Å². The fourth-order valence-electron chi connectivity index (χ4n) is 2.78. The third-order valence-electron chi connectivity index (χ3n) is 3.87. The molecule has 6 heteroatoms. The van der Waals surface area contributed by atoms with E-state index in [2.05, 4.69) is 28.7 Å². The minimum atomic E-state index is 0.0560. The Labute approximate surface area is 126 Å². The predicted molar refractivity (Wildman–Crippen MR) is 82.5 cm³/mol. The van der Waals surface area contributed by atoms with Crippen molar-refractivity contribution in [2.75, 3.05) is 6.61 Å². The second-order valence-electron chi connectivity index (χ2n) is 5.21. The molecule has 3 N–H and O–H groups in total. The van der Waals surface area contributed by atoms with Crippen LogP contribution in [0.1, 0.15) is 22.9 Å². The van der Waals surface area contributed by atoms with Gasteiger partial charge in [0.15, 0.2) is 4.96 Å². The lowest BCUT2D eigenvalue weighted by molar-refractivity contribution is 0.356. The van der Waals surface area contributed by atoms with Gasteiger partial charge in [0.1, 0.15) is 5.75 Å². The zero-order chi connectivity index (χ0) is 14.2. The molecule has 108 valence electrons. The van der Waals surface area contributed by atoms with Crippen LogP contribution >= 0.6 is 11.3 Å². The Kier molecular flexibility index (Phi) is 3.14. The molecule has 0 amide bonds. The number of nitrogens with two attached hydrogens (primary N) is 1. The number of fused-ring (bicyclic) bond motifs is 2. The van der Waals surface area contributed by atoms with Crippen LogP contribution in [-0.2, 0) is 12.8 Å². The first-order valence-electron chi connectivity index (χ1n) is 6.96. The van der Waals surface area contributed by atoms with E-state index in [-0.39, 0.29) is 6.04 Å². The van der Waals surface area contributed by atoms with Crippen molar-refractivity contribution in [3.8, 4) is 5.75 Å². The number of benzene rings is 1. The van der Waals surface area contributed by atoms with Gasteiger partial charge in [-0.1, -0.05) is 12.1 Å². The molecule has 21 heavy (non-hydrogen) atoms. The summed E-state index contributed by atoms with van der Waals surface area (Å²) in [5.41, 5.74) is 6.39. The molecule has 0 radical (unpaired) electrons. The highest BCUT2D eigenvalue weighted by atomic mass is 32.1. The van der Waals surface area contributed by atoms with E-state index < -0.39 is 0 Å². The first kappa shape index (κ1) is 12.8. The van der Waals surface area contributed by atoms with Gasteiger partial charge in [0.2, 0.25) is 0 Å². The number of hydrazine groups is 1. The Bertz CT molecular complexity index is 750.